The number of nitrogens with one attached hydrogen (secondary N) is 1. The maximum atomic E-state index is 12.9. The molecule has 2 atom stereocenters. The molecule has 1 amide bonds. The lowest BCUT2D eigenvalue weighted by molar-refractivity contribution is -0.143. The number of ether oxygens (including phenoxy) is 1. The lowest BCUT2D eigenvalue weighted by Crippen LogP contribution is -2.30. The Hall–Kier alpha value is -2.96. The first kappa shape index (κ1) is 17.8. The third-order valence-corrected chi connectivity index (χ3v) is 4.43. The molecule has 6 nitrogen and oxygen atoms in total. The van der Waals surface area contributed by atoms with Crippen molar-refractivity contribution in [2.24, 2.45) is 11.8 Å². The molecule has 1 aliphatic rings. The zero-order valence-electron chi connectivity index (χ0n) is 14.0. The summed E-state index contributed by atoms with van der Waals surface area (Å²) in [4.78, 5) is 27.6. The minimum Gasteiger partial charge on any atom is -0.481 e. The van der Waals surface area contributed by atoms with Crippen LogP contribution in [0.4, 0.5) is 10.1 Å². The number of carbonyl (C=O) groups excluding carboxylic acids is 1. The second-order valence-electron chi connectivity index (χ2n) is 6.33. The van der Waals surface area contributed by atoms with Crippen LogP contribution in [0, 0.1) is 17.7 Å². The van der Waals surface area contributed by atoms with E-state index in [2.05, 4.69) is 10.3 Å². The number of aliphatic carboxylic acids is 1. The second-order valence-corrected chi connectivity index (χ2v) is 6.33. The van der Waals surface area contributed by atoms with Gasteiger partial charge in [0.2, 0.25) is 11.8 Å². The van der Waals surface area contributed by atoms with Crippen molar-refractivity contribution in [2.75, 3.05) is 5.32 Å². The van der Waals surface area contributed by atoms with E-state index in [-0.39, 0.29) is 17.6 Å². The van der Waals surface area contributed by atoms with Crippen molar-refractivity contribution in [3.05, 3.63) is 48.4 Å². The number of aromatic nitrogens is 1. The molecule has 1 fully saturated rings. The summed E-state index contributed by atoms with van der Waals surface area (Å²) in [5.41, 5.74) is 0.513. The number of nitrogens with zero attached hydrogens (tertiary/aromatic N) is 1. The van der Waals surface area contributed by atoms with Gasteiger partial charge in [-0.05, 0) is 49.6 Å². The summed E-state index contributed by atoms with van der Waals surface area (Å²) in [6.07, 6.45) is 3.87. The molecule has 7 heteroatoms. The smallest absolute Gasteiger partial charge is 0.306 e. The van der Waals surface area contributed by atoms with Crippen LogP contribution in [0.2, 0.25) is 0 Å². The molecule has 1 aromatic heterocycles. The van der Waals surface area contributed by atoms with Crippen molar-refractivity contribution in [2.45, 2.75) is 25.7 Å². The van der Waals surface area contributed by atoms with Gasteiger partial charge in [0, 0.05) is 12.0 Å². The maximum absolute atomic E-state index is 12.9. The third kappa shape index (κ3) is 4.56. The van der Waals surface area contributed by atoms with Crippen LogP contribution in [-0.4, -0.2) is 22.0 Å². The molecule has 136 valence electrons. The molecule has 2 unspecified atom stereocenters. The van der Waals surface area contributed by atoms with Gasteiger partial charge in [-0.15, -0.1) is 0 Å². The van der Waals surface area contributed by atoms with E-state index in [9.17, 15) is 14.0 Å². The first-order valence-corrected chi connectivity index (χ1v) is 8.44. The van der Waals surface area contributed by atoms with Crippen LogP contribution >= 0.6 is 0 Å². The van der Waals surface area contributed by atoms with Gasteiger partial charge in [-0.1, -0.05) is 6.42 Å². The highest BCUT2D eigenvalue weighted by molar-refractivity contribution is 5.92. The lowest BCUT2D eigenvalue weighted by atomic mass is 9.81. The Balaban J connectivity index is 1.57. The molecule has 2 N–H and O–H groups in total. The fraction of sp³-hybridized carbons (Fsp3) is 0.316. The number of halogens is 1. The molecule has 0 radical (unpaired) electrons. The molecule has 3 rings (SSSR count). The van der Waals surface area contributed by atoms with Crippen molar-refractivity contribution < 1.29 is 23.8 Å². The molecule has 2 aromatic rings. The standard InChI is InChI=1S/C19H19FN2O4/c20-14-4-7-16(8-5-14)26-17-9-6-15(11-21-17)22-18(23)12-2-1-3-13(10-12)19(24)25/h4-9,11-13H,1-3,10H2,(H,22,23)(H,24,25). The highest BCUT2D eigenvalue weighted by Crippen LogP contribution is 2.30. The van der Waals surface area contributed by atoms with E-state index < -0.39 is 11.9 Å². The first-order valence-electron chi connectivity index (χ1n) is 8.44. The fourth-order valence-electron chi connectivity index (χ4n) is 3.03. The molecule has 1 aromatic carbocycles. The summed E-state index contributed by atoms with van der Waals surface area (Å²) in [5, 5.41) is 11.9. The van der Waals surface area contributed by atoms with Gasteiger partial charge in [0.15, 0.2) is 0 Å². The Labute approximate surface area is 150 Å². The Kier molecular flexibility index (Phi) is 5.46. The second kappa shape index (κ2) is 7.95. The highest BCUT2D eigenvalue weighted by Gasteiger charge is 2.31. The van der Waals surface area contributed by atoms with Gasteiger partial charge in [0.05, 0.1) is 17.8 Å². The van der Waals surface area contributed by atoms with Crippen molar-refractivity contribution in [1.82, 2.24) is 4.98 Å². The van der Waals surface area contributed by atoms with Crippen LogP contribution < -0.4 is 10.1 Å². The molecule has 0 aliphatic heterocycles. The molecule has 0 bridgehead atoms. The fourth-order valence-corrected chi connectivity index (χ4v) is 3.03. The van der Waals surface area contributed by atoms with E-state index in [0.29, 0.717) is 36.6 Å². The number of hydrogen-bond acceptors (Lipinski definition) is 4. The van der Waals surface area contributed by atoms with Gasteiger partial charge in [-0.25, -0.2) is 9.37 Å². The molecule has 0 spiro atoms. The van der Waals surface area contributed by atoms with Gasteiger partial charge in [-0.3, -0.25) is 9.59 Å². The largest absolute Gasteiger partial charge is 0.481 e. The monoisotopic (exact) mass is 358 g/mol. The first-order chi connectivity index (χ1) is 12.5. The predicted octanol–water partition coefficient (Wildman–Crippen LogP) is 3.84. The van der Waals surface area contributed by atoms with E-state index in [1.165, 1.54) is 30.5 Å². The number of carboxylic acids is 1. The number of amides is 1. The SMILES string of the molecule is O=C(O)C1CCCC(C(=O)Nc2ccc(Oc3ccc(F)cc3)nc2)C1. The summed E-state index contributed by atoms with van der Waals surface area (Å²) in [6, 6.07) is 8.82. The average Bonchev–Trinajstić information content (AvgIpc) is 2.65. The number of carboxylic acid groups (broad SMARTS) is 1. The van der Waals surface area contributed by atoms with E-state index in [1.54, 1.807) is 12.1 Å². The van der Waals surface area contributed by atoms with Gasteiger partial charge in [-0.2, -0.15) is 0 Å². The summed E-state index contributed by atoms with van der Waals surface area (Å²) in [7, 11) is 0. The van der Waals surface area contributed by atoms with Gasteiger partial charge >= 0.3 is 5.97 Å². The van der Waals surface area contributed by atoms with Crippen LogP contribution in [0.5, 0.6) is 11.6 Å². The van der Waals surface area contributed by atoms with Crippen LogP contribution in [0.3, 0.4) is 0 Å². The molecule has 0 saturated heterocycles. The summed E-state index contributed by atoms with van der Waals surface area (Å²) < 4.78 is 18.4. The molecule has 26 heavy (non-hydrogen) atoms. The lowest BCUT2D eigenvalue weighted by Gasteiger charge is -2.25. The van der Waals surface area contributed by atoms with Crippen molar-refractivity contribution in [3.63, 3.8) is 0 Å². The van der Waals surface area contributed by atoms with Gasteiger partial charge in [0.1, 0.15) is 11.6 Å². The van der Waals surface area contributed by atoms with Crippen LogP contribution in [0.15, 0.2) is 42.6 Å². The number of anilines is 1. The minimum atomic E-state index is -0.841. The third-order valence-electron chi connectivity index (χ3n) is 4.43. The van der Waals surface area contributed by atoms with E-state index in [4.69, 9.17) is 9.84 Å². The normalized spacial score (nSPS) is 19.6. The van der Waals surface area contributed by atoms with Crippen LogP contribution in [0.1, 0.15) is 25.7 Å². The average molecular weight is 358 g/mol. The number of pyridine rings is 1. The molecular formula is C19H19FN2O4. The Bertz CT molecular complexity index is 777. The maximum Gasteiger partial charge on any atom is 0.306 e. The van der Waals surface area contributed by atoms with E-state index >= 15 is 0 Å². The predicted molar refractivity (Wildman–Crippen MR) is 92.4 cm³/mol. The van der Waals surface area contributed by atoms with Crippen molar-refractivity contribution in [1.29, 1.82) is 0 Å². The molecular weight excluding hydrogens is 339 g/mol. The summed E-state index contributed by atoms with van der Waals surface area (Å²) in [5.74, 6) is -1.37. The zero-order chi connectivity index (χ0) is 18.5. The Morgan fingerprint density at radius 3 is 2.50 bits per heavy atom. The summed E-state index contributed by atoms with van der Waals surface area (Å²) in [6.45, 7) is 0. The number of hydrogen-bond donors (Lipinski definition) is 2. The van der Waals surface area contributed by atoms with Gasteiger partial charge < -0.3 is 15.2 Å². The topological polar surface area (TPSA) is 88.5 Å². The molecule has 1 heterocycles. The number of benzene rings is 1. The minimum absolute atomic E-state index is 0.190. The van der Waals surface area contributed by atoms with E-state index in [1.807, 2.05) is 0 Å². The van der Waals surface area contributed by atoms with E-state index in [0.717, 1.165) is 6.42 Å². The van der Waals surface area contributed by atoms with Gasteiger partial charge in [0.25, 0.3) is 0 Å². The number of carbonyl (C=O) groups is 2. The van der Waals surface area contributed by atoms with Crippen LogP contribution in [0.25, 0.3) is 0 Å². The Morgan fingerprint density at radius 2 is 1.85 bits per heavy atom. The van der Waals surface area contributed by atoms with Crippen molar-refractivity contribution in [3.8, 4) is 11.6 Å². The summed E-state index contributed by atoms with van der Waals surface area (Å²) >= 11 is 0. The molecule has 1 saturated carbocycles. The van der Waals surface area contributed by atoms with Crippen molar-refractivity contribution >= 4 is 17.6 Å². The number of rotatable bonds is 5. The highest BCUT2D eigenvalue weighted by atomic mass is 19.1. The Morgan fingerprint density at radius 1 is 1.12 bits per heavy atom. The zero-order valence-corrected chi connectivity index (χ0v) is 14.0. The quantitative estimate of drug-likeness (QED) is 0.848. The van der Waals surface area contributed by atoms with Crippen LogP contribution in [-0.2, 0) is 9.59 Å². The molecule has 1 aliphatic carbocycles.